The lowest BCUT2D eigenvalue weighted by molar-refractivity contribution is 0.660. The molecule has 0 N–H and O–H groups in total. The maximum Gasteiger partial charge on any atom is 0.0547 e. The number of aromatic nitrogens is 4. The average Bonchev–Trinajstić information content (AvgIpc) is 1.59. The van der Waals surface area contributed by atoms with E-state index in [-0.39, 0.29) is 5.41 Å². The van der Waals surface area contributed by atoms with Gasteiger partial charge in [-0.3, -0.25) is 0 Å². The fourth-order valence-corrected chi connectivity index (χ4v) is 18.8. The smallest absolute Gasteiger partial charge is 0.0547 e. The van der Waals surface area contributed by atoms with Gasteiger partial charge in [-0.1, -0.05) is 299 Å². The quantitative estimate of drug-likeness (QED) is 0.137. The van der Waals surface area contributed by atoms with E-state index < -0.39 is 0 Å². The van der Waals surface area contributed by atoms with E-state index in [1.54, 1.807) is 0 Å². The van der Waals surface area contributed by atoms with Crippen LogP contribution in [-0.4, -0.2) is 18.3 Å². The van der Waals surface area contributed by atoms with Gasteiger partial charge in [-0.15, -0.1) is 0 Å². The summed E-state index contributed by atoms with van der Waals surface area (Å²) in [4.78, 5) is 0. The molecule has 4 heterocycles. The number of fused-ring (bicyclic) bond motifs is 17. The largest absolute Gasteiger partial charge is 0.309 e. The summed E-state index contributed by atoms with van der Waals surface area (Å²) in [5, 5.41) is 15.1. The summed E-state index contributed by atoms with van der Waals surface area (Å²) in [6, 6.07) is 143. The highest BCUT2D eigenvalue weighted by atomic mass is 15.0. The predicted molar refractivity (Wildman–Crippen MR) is 479 cm³/mol. The second kappa shape index (κ2) is 25.9. The molecule has 23 rings (SSSR count). The summed E-state index contributed by atoms with van der Waals surface area (Å²) >= 11 is 0. The molecule has 1 aliphatic carbocycles. The van der Waals surface area contributed by atoms with Crippen LogP contribution in [-0.2, 0) is 5.41 Å². The Labute approximate surface area is 655 Å². The van der Waals surface area contributed by atoms with Gasteiger partial charge in [0, 0.05) is 71.3 Å². The van der Waals surface area contributed by atoms with Crippen molar-refractivity contribution in [2.24, 2.45) is 0 Å². The van der Waals surface area contributed by atoms with Crippen LogP contribution in [0, 0.1) is 13.8 Å². The van der Waals surface area contributed by atoms with Crippen LogP contribution in [0.1, 0.15) is 36.1 Å². The minimum absolute atomic E-state index is 0.0706. The van der Waals surface area contributed by atoms with Crippen molar-refractivity contribution in [2.45, 2.75) is 33.1 Å². The van der Waals surface area contributed by atoms with Gasteiger partial charge in [-0.05, 0) is 228 Å². The minimum atomic E-state index is -0.0706. The van der Waals surface area contributed by atoms with Gasteiger partial charge in [0.1, 0.15) is 0 Å². The summed E-state index contributed by atoms with van der Waals surface area (Å²) in [5.41, 5.74) is 34.5. The molecule has 4 nitrogen and oxygen atoms in total. The van der Waals surface area contributed by atoms with E-state index in [9.17, 15) is 0 Å². The van der Waals surface area contributed by atoms with Crippen molar-refractivity contribution < 1.29 is 0 Å². The molecule has 0 saturated heterocycles. The zero-order chi connectivity index (χ0) is 75.2. The topological polar surface area (TPSA) is 19.7 Å². The van der Waals surface area contributed by atoms with Crippen LogP contribution >= 0.6 is 0 Å². The van der Waals surface area contributed by atoms with Gasteiger partial charge in [0.15, 0.2) is 0 Å². The van der Waals surface area contributed by atoms with E-state index in [0.717, 1.165) is 5.69 Å². The second-order valence-corrected chi connectivity index (χ2v) is 31.4. The van der Waals surface area contributed by atoms with Crippen molar-refractivity contribution in [3.63, 3.8) is 0 Å². The molecule has 1 aliphatic rings. The molecule has 0 amide bonds. The van der Waals surface area contributed by atoms with Crippen molar-refractivity contribution in [2.75, 3.05) is 0 Å². The van der Waals surface area contributed by atoms with Gasteiger partial charge in [0.2, 0.25) is 0 Å². The first-order chi connectivity index (χ1) is 55.6. The molecule has 0 unspecified atom stereocenters. The highest BCUT2D eigenvalue weighted by molar-refractivity contribution is 6.14. The van der Waals surface area contributed by atoms with Crippen LogP contribution in [0.5, 0.6) is 0 Å². The molecule has 0 saturated carbocycles. The van der Waals surface area contributed by atoms with Crippen LogP contribution in [0.2, 0.25) is 0 Å². The molecule has 0 fully saturated rings. The molecular weight excluding hydrogens is 1370 g/mol. The summed E-state index contributed by atoms with van der Waals surface area (Å²) < 4.78 is 9.74. The molecule has 0 atom stereocenters. The van der Waals surface area contributed by atoms with Crippen LogP contribution in [0.4, 0.5) is 0 Å². The third kappa shape index (κ3) is 10.8. The molecule has 22 aromatic rings. The Morgan fingerprint density at radius 2 is 0.478 bits per heavy atom. The van der Waals surface area contributed by atoms with E-state index >= 15 is 0 Å². The first kappa shape index (κ1) is 65.7. The maximum atomic E-state index is 2.47. The first-order valence-corrected chi connectivity index (χ1v) is 39.3. The van der Waals surface area contributed by atoms with Crippen LogP contribution in [0.15, 0.2) is 388 Å². The van der Waals surface area contributed by atoms with Gasteiger partial charge in [0.05, 0.1) is 44.1 Å². The van der Waals surface area contributed by atoms with Gasteiger partial charge in [0.25, 0.3) is 0 Å². The number of para-hydroxylation sites is 4. The Bertz CT molecular complexity index is 7620. The zero-order valence-corrected chi connectivity index (χ0v) is 63.2. The number of rotatable bonds is 9. The maximum absolute atomic E-state index is 2.47. The molecule has 0 radical (unpaired) electrons. The molecule has 0 spiro atoms. The molecule has 0 aliphatic heterocycles. The molecule has 4 aromatic heterocycles. The third-order valence-corrected chi connectivity index (χ3v) is 24.3. The normalized spacial score (nSPS) is 12.5. The number of benzene rings is 18. The van der Waals surface area contributed by atoms with E-state index in [4.69, 9.17) is 0 Å². The lowest BCUT2D eigenvalue weighted by atomic mass is 9.82. The number of nitrogens with zero attached hydrogens (tertiary/aromatic N) is 4. The summed E-state index contributed by atoms with van der Waals surface area (Å²) in [6.07, 6.45) is 0. The number of aryl methyl sites for hydroxylation is 2. The van der Waals surface area contributed by atoms with E-state index in [0.29, 0.717) is 0 Å². The average molecular weight is 1440 g/mol. The second-order valence-electron chi connectivity index (χ2n) is 31.4. The minimum Gasteiger partial charge on any atom is -0.309 e. The Balaban J connectivity index is 0.000000142. The van der Waals surface area contributed by atoms with E-state index in [2.05, 4.69) is 434 Å². The number of hydrogen-bond acceptors (Lipinski definition) is 0. The third-order valence-electron chi connectivity index (χ3n) is 24.3. The highest BCUT2D eigenvalue weighted by Crippen LogP contribution is 2.50. The standard InChI is InChI=1S/C61H42N2.C48H34N2/c1-61(2)55-17-9-6-14-49(55)50-33-30-48(38-56(50)61)63-58-19-11-8-16-52(58)54-32-28-46(37-60(54)63)41-22-20-40(21-23-41)45-27-31-53-51-15-7-10-18-57(51)62(59(53)36-45)47-29-26-43-34-42(24-25-44(43)35-47)39-12-4-3-5-13-39;1-31-25-32(2)27-40(26-31)50-46-14-8-6-12-42(46)44-24-21-38(30-48(44)50)35-17-15-34(16-18-35)37-20-23-43-41-11-5-7-13-45(41)49(47(43)29-37)39-22-19-33-9-3-4-10-36(33)28-39/h3-38H,1-2H3;3-30H,1-2H3. The fraction of sp³-hybridized carbons (Fsp3) is 0.0459. The summed E-state index contributed by atoms with van der Waals surface area (Å²) in [7, 11) is 0. The molecule has 18 aromatic carbocycles. The summed E-state index contributed by atoms with van der Waals surface area (Å²) in [6.45, 7) is 9.08. The highest BCUT2D eigenvalue weighted by Gasteiger charge is 2.36. The molecule has 4 heteroatoms. The van der Waals surface area contributed by atoms with E-state index in [1.165, 1.54) is 215 Å². The van der Waals surface area contributed by atoms with Crippen LogP contribution < -0.4 is 0 Å². The van der Waals surface area contributed by atoms with Gasteiger partial charge in [-0.2, -0.15) is 0 Å². The molecular formula is C109H76N4. The van der Waals surface area contributed by atoms with Gasteiger partial charge < -0.3 is 18.3 Å². The van der Waals surface area contributed by atoms with Crippen molar-refractivity contribution in [3.05, 3.63) is 411 Å². The Hall–Kier alpha value is -14.3. The Morgan fingerprint density at radius 3 is 0.947 bits per heavy atom. The lowest BCUT2D eigenvalue weighted by Crippen LogP contribution is -2.15. The van der Waals surface area contributed by atoms with Crippen LogP contribution in [0.25, 0.3) is 198 Å². The van der Waals surface area contributed by atoms with E-state index in [1.807, 2.05) is 0 Å². The Morgan fingerprint density at radius 1 is 0.177 bits per heavy atom. The zero-order valence-electron chi connectivity index (χ0n) is 63.2. The molecule has 113 heavy (non-hydrogen) atoms. The molecule has 0 bridgehead atoms. The van der Waals surface area contributed by atoms with Crippen molar-refractivity contribution in [3.8, 4) is 89.5 Å². The SMILES string of the molecule is CC1(C)c2ccccc2-c2ccc(-n3c4ccccc4c4ccc(-c5ccc(-c6ccc7c8ccccc8n(-c8ccc9cc(-c%10ccccc%10)ccc9c8)c7c6)cc5)cc43)cc21.Cc1cc(C)cc(-n2c3ccccc3c3ccc(-c4ccc(-c5ccc6c7ccccc7n(-c7ccc8ccccc8c7)c6c5)cc4)cc32)c1. The fourth-order valence-electron chi connectivity index (χ4n) is 18.8. The van der Waals surface area contributed by atoms with Gasteiger partial charge in [-0.25, -0.2) is 0 Å². The van der Waals surface area contributed by atoms with Crippen LogP contribution in [0.3, 0.4) is 0 Å². The molecule has 532 valence electrons. The van der Waals surface area contributed by atoms with Crippen molar-refractivity contribution in [1.29, 1.82) is 0 Å². The van der Waals surface area contributed by atoms with Crippen molar-refractivity contribution in [1.82, 2.24) is 18.3 Å². The Kier molecular flexibility index (Phi) is 15.1. The summed E-state index contributed by atoms with van der Waals surface area (Å²) in [5.74, 6) is 0. The number of hydrogen-bond donors (Lipinski definition) is 0. The monoisotopic (exact) mass is 1440 g/mol. The first-order valence-electron chi connectivity index (χ1n) is 39.3. The predicted octanol–water partition coefficient (Wildman–Crippen LogP) is 29.3. The van der Waals surface area contributed by atoms with Gasteiger partial charge >= 0.3 is 0 Å². The lowest BCUT2D eigenvalue weighted by Gasteiger charge is -2.22. The van der Waals surface area contributed by atoms with Crippen molar-refractivity contribution >= 4 is 109 Å².